The van der Waals surface area contributed by atoms with Gasteiger partial charge in [0.1, 0.15) is 6.04 Å². The minimum Gasteiger partial charge on any atom is -0.351 e. The number of amides is 2. The highest BCUT2D eigenvalue weighted by Crippen LogP contribution is 2.39. The molecule has 14 heteroatoms. The summed E-state index contributed by atoms with van der Waals surface area (Å²) in [5, 5.41) is 2.47. The molecule has 2 aromatic carbocycles. The van der Waals surface area contributed by atoms with E-state index in [1.54, 1.807) is 6.07 Å². The fourth-order valence-corrected chi connectivity index (χ4v) is 5.11. The largest absolute Gasteiger partial charge is 0.351 e. The SMILES string of the molecule is O=C(NC1CC(F)(F)C1)C(c1ccccc1Cl)N(C(=O)CNS(=O)(=O)N1CC1)c1ccc(F)c(F)c1. The van der Waals surface area contributed by atoms with Crippen molar-refractivity contribution in [3.05, 3.63) is 64.7 Å². The second-order valence-electron chi connectivity index (χ2n) is 8.48. The Morgan fingerprint density at radius 2 is 1.78 bits per heavy atom. The molecule has 1 unspecified atom stereocenters. The summed E-state index contributed by atoms with van der Waals surface area (Å²) >= 11 is 6.29. The lowest BCUT2D eigenvalue weighted by molar-refractivity contribution is -0.132. The number of benzene rings is 2. The van der Waals surface area contributed by atoms with E-state index in [1.807, 2.05) is 0 Å². The van der Waals surface area contributed by atoms with Crippen molar-refractivity contribution in [2.45, 2.75) is 30.8 Å². The van der Waals surface area contributed by atoms with Crippen molar-refractivity contribution in [3.8, 4) is 0 Å². The van der Waals surface area contributed by atoms with Crippen LogP contribution < -0.4 is 14.9 Å². The molecule has 2 N–H and O–H groups in total. The maximum Gasteiger partial charge on any atom is 0.280 e. The summed E-state index contributed by atoms with van der Waals surface area (Å²) in [4.78, 5) is 27.5. The third-order valence-corrected chi connectivity index (χ3v) is 7.64. The lowest BCUT2D eigenvalue weighted by atomic mass is 9.87. The number of hydrogen-bond donors (Lipinski definition) is 2. The van der Waals surface area contributed by atoms with Gasteiger partial charge in [0.05, 0.1) is 6.54 Å². The molecule has 2 aliphatic rings. The molecule has 0 radical (unpaired) electrons. The molecule has 36 heavy (non-hydrogen) atoms. The van der Waals surface area contributed by atoms with Crippen LogP contribution in [0.2, 0.25) is 5.02 Å². The zero-order valence-electron chi connectivity index (χ0n) is 18.6. The molecule has 1 saturated carbocycles. The standard InChI is InChI=1S/C22H21ClF4N4O4S/c23-16-4-2-1-3-15(16)20(21(33)29-13-10-22(26,27)11-13)31(14-5-6-17(24)18(25)9-14)19(32)12-28-36(34,35)30-7-8-30/h1-6,9,13,20,28H,7-8,10-12H2,(H,29,33). The van der Waals surface area contributed by atoms with Gasteiger partial charge in [0.2, 0.25) is 11.8 Å². The van der Waals surface area contributed by atoms with E-state index < -0.39 is 71.1 Å². The first-order chi connectivity index (χ1) is 16.9. The first-order valence-electron chi connectivity index (χ1n) is 10.8. The Labute approximate surface area is 209 Å². The second-order valence-corrected chi connectivity index (χ2v) is 10.6. The van der Waals surface area contributed by atoms with E-state index in [9.17, 15) is 35.6 Å². The van der Waals surface area contributed by atoms with Crippen molar-refractivity contribution in [2.24, 2.45) is 0 Å². The fraction of sp³-hybridized carbons (Fsp3) is 0.364. The highest BCUT2D eigenvalue weighted by atomic mass is 35.5. The summed E-state index contributed by atoms with van der Waals surface area (Å²) in [6, 6.07) is 5.82. The molecule has 1 heterocycles. The molecule has 1 aliphatic heterocycles. The smallest absolute Gasteiger partial charge is 0.280 e. The zero-order chi connectivity index (χ0) is 26.3. The molecular formula is C22H21ClF4N4O4S. The molecule has 2 aromatic rings. The van der Waals surface area contributed by atoms with E-state index >= 15 is 0 Å². The van der Waals surface area contributed by atoms with Crippen molar-refractivity contribution in [1.82, 2.24) is 14.3 Å². The van der Waals surface area contributed by atoms with Crippen LogP contribution in [-0.2, 0) is 19.8 Å². The Hall–Kier alpha value is -2.74. The van der Waals surface area contributed by atoms with Gasteiger partial charge in [-0.2, -0.15) is 17.4 Å². The van der Waals surface area contributed by atoms with Gasteiger partial charge >= 0.3 is 0 Å². The van der Waals surface area contributed by atoms with Gasteiger partial charge < -0.3 is 5.32 Å². The molecule has 4 rings (SSSR count). The lowest BCUT2D eigenvalue weighted by Gasteiger charge is -2.38. The van der Waals surface area contributed by atoms with Crippen LogP contribution in [0.25, 0.3) is 0 Å². The molecule has 1 saturated heterocycles. The van der Waals surface area contributed by atoms with Gasteiger partial charge in [0.15, 0.2) is 11.6 Å². The Kier molecular flexibility index (Phi) is 7.28. The number of halogens is 5. The maximum absolute atomic E-state index is 14.2. The summed E-state index contributed by atoms with van der Waals surface area (Å²) in [5.41, 5.74) is -0.210. The minimum atomic E-state index is -3.97. The average molecular weight is 549 g/mol. The monoisotopic (exact) mass is 548 g/mol. The highest BCUT2D eigenvalue weighted by Gasteiger charge is 2.47. The Morgan fingerprint density at radius 3 is 2.36 bits per heavy atom. The molecule has 2 fully saturated rings. The Morgan fingerprint density at radius 1 is 1.11 bits per heavy atom. The van der Waals surface area contributed by atoms with Crippen LogP contribution in [0.3, 0.4) is 0 Å². The third kappa shape index (κ3) is 5.80. The van der Waals surface area contributed by atoms with Crippen molar-refractivity contribution in [3.63, 3.8) is 0 Å². The number of nitrogens with zero attached hydrogens (tertiary/aromatic N) is 2. The van der Waals surface area contributed by atoms with Crippen LogP contribution >= 0.6 is 11.6 Å². The topological polar surface area (TPSA) is 98.6 Å². The third-order valence-electron chi connectivity index (χ3n) is 5.74. The van der Waals surface area contributed by atoms with E-state index in [-0.39, 0.29) is 29.4 Å². The van der Waals surface area contributed by atoms with Gasteiger partial charge in [-0.25, -0.2) is 17.6 Å². The summed E-state index contributed by atoms with van der Waals surface area (Å²) in [5.74, 6) is -7.39. The average Bonchev–Trinajstić information content (AvgIpc) is 3.63. The summed E-state index contributed by atoms with van der Waals surface area (Å²) in [6.45, 7) is -0.284. The maximum atomic E-state index is 14.2. The van der Waals surface area contributed by atoms with E-state index in [0.717, 1.165) is 21.3 Å². The molecule has 194 valence electrons. The number of carbonyl (C=O) groups excluding carboxylic acids is 2. The van der Waals surface area contributed by atoms with Crippen LogP contribution in [0, 0.1) is 11.6 Å². The van der Waals surface area contributed by atoms with E-state index in [4.69, 9.17) is 11.6 Å². The van der Waals surface area contributed by atoms with E-state index in [1.165, 1.54) is 18.2 Å². The van der Waals surface area contributed by atoms with Gasteiger partial charge in [-0.05, 0) is 18.2 Å². The van der Waals surface area contributed by atoms with Gasteiger partial charge in [-0.3, -0.25) is 14.5 Å². The normalized spacial score (nSPS) is 18.2. The molecule has 0 aromatic heterocycles. The van der Waals surface area contributed by atoms with E-state index in [2.05, 4.69) is 10.0 Å². The summed E-state index contributed by atoms with van der Waals surface area (Å²) in [6.07, 6.45) is -1.22. The fourth-order valence-electron chi connectivity index (χ4n) is 3.82. The van der Waals surface area contributed by atoms with Crippen LogP contribution in [0.1, 0.15) is 24.4 Å². The molecule has 0 bridgehead atoms. The van der Waals surface area contributed by atoms with Crippen LogP contribution in [0.5, 0.6) is 0 Å². The quantitative estimate of drug-likeness (QED) is 0.372. The van der Waals surface area contributed by atoms with Crippen LogP contribution in [0.15, 0.2) is 42.5 Å². The number of carbonyl (C=O) groups is 2. The van der Waals surface area contributed by atoms with Gasteiger partial charge in [0, 0.05) is 54.3 Å². The van der Waals surface area contributed by atoms with Crippen molar-refractivity contribution in [1.29, 1.82) is 0 Å². The predicted octanol–water partition coefficient (Wildman–Crippen LogP) is 2.76. The molecular weight excluding hydrogens is 528 g/mol. The van der Waals surface area contributed by atoms with Gasteiger partial charge in [0.25, 0.3) is 16.1 Å². The Bertz CT molecular complexity index is 1280. The first-order valence-corrected chi connectivity index (χ1v) is 12.6. The number of anilines is 1. The van der Waals surface area contributed by atoms with Gasteiger partial charge in [-0.15, -0.1) is 0 Å². The first kappa shape index (κ1) is 26.3. The number of alkyl halides is 2. The van der Waals surface area contributed by atoms with Crippen LogP contribution in [0.4, 0.5) is 23.2 Å². The number of nitrogens with one attached hydrogen (secondary N) is 2. The Balaban J connectivity index is 1.73. The molecule has 8 nitrogen and oxygen atoms in total. The summed E-state index contributed by atoms with van der Waals surface area (Å²) < 4.78 is 82.1. The molecule has 0 spiro atoms. The van der Waals surface area contributed by atoms with Crippen molar-refractivity contribution in [2.75, 3.05) is 24.5 Å². The molecule has 2 amide bonds. The number of rotatable bonds is 9. The highest BCUT2D eigenvalue weighted by molar-refractivity contribution is 7.87. The van der Waals surface area contributed by atoms with Gasteiger partial charge in [-0.1, -0.05) is 29.8 Å². The summed E-state index contributed by atoms with van der Waals surface area (Å²) in [7, 11) is -3.97. The van der Waals surface area contributed by atoms with E-state index in [0.29, 0.717) is 6.07 Å². The van der Waals surface area contributed by atoms with Crippen molar-refractivity contribution < 1.29 is 35.6 Å². The minimum absolute atomic E-state index is 0.0293. The predicted molar refractivity (Wildman–Crippen MR) is 123 cm³/mol. The molecule has 1 atom stereocenters. The lowest BCUT2D eigenvalue weighted by Crippen LogP contribution is -2.55. The molecule has 1 aliphatic carbocycles. The van der Waals surface area contributed by atoms with Crippen LogP contribution in [-0.4, -0.2) is 56.1 Å². The number of hydrogen-bond acceptors (Lipinski definition) is 4. The van der Waals surface area contributed by atoms with Crippen molar-refractivity contribution >= 4 is 39.3 Å². The second kappa shape index (κ2) is 9.96. The zero-order valence-corrected chi connectivity index (χ0v) is 20.1.